The highest BCUT2D eigenvalue weighted by molar-refractivity contribution is 6.31. The van der Waals surface area contributed by atoms with Gasteiger partial charge in [-0.2, -0.15) is 0 Å². The Balaban J connectivity index is 1.34. The predicted octanol–water partition coefficient (Wildman–Crippen LogP) is 4.70. The molecule has 0 unspecified atom stereocenters. The largest absolute Gasteiger partial charge is 0.450 e. The number of carbonyl (C=O) groups is 1. The van der Waals surface area contributed by atoms with E-state index in [4.69, 9.17) is 16.0 Å². The Morgan fingerprint density at radius 3 is 3.00 bits per heavy atom. The van der Waals surface area contributed by atoms with Crippen LogP contribution in [0.25, 0.3) is 22.1 Å². The average molecular weight is 439 g/mol. The number of aromatic nitrogens is 2. The lowest BCUT2D eigenvalue weighted by Crippen LogP contribution is -2.43. The molecule has 2 aromatic heterocycles. The summed E-state index contributed by atoms with van der Waals surface area (Å²) in [5.74, 6) is 0.0624. The molecule has 1 atom stereocenters. The third-order valence-electron chi connectivity index (χ3n) is 5.70. The number of furan rings is 1. The van der Waals surface area contributed by atoms with Gasteiger partial charge in [-0.15, -0.1) is 0 Å². The summed E-state index contributed by atoms with van der Waals surface area (Å²) in [5.41, 5.74) is 2.87. The highest BCUT2D eigenvalue weighted by atomic mass is 35.5. The second kappa shape index (κ2) is 8.15. The molecule has 5 rings (SSSR count). The van der Waals surface area contributed by atoms with E-state index in [0.717, 1.165) is 35.9 Å². The van der Waals surface area contributed by atoms with Crippen molar-refractivity contribution in [3.8, 4) is 0 Å². The SMILES string of the molecule is O=C(NCc1ccc(F)cc1Cl)[C@H]1CCCN(c2ncnc3c2oc2ccccc23)C1. The number of hydrogen-bond donors (Lipinski definition) is 1. The van der Waals surface area contributed by atoms with Crippen molar-refractivity contribution in [1.82, 2.24) is 15.3 Å². The minimum atomic E-state index is -0.398. The molecule has 158 valence electrons. The molecule has 1 aliphatic heterocycles. The Bertz CT molecular complexity index is 1280. The summed E-state index contributed by atoms with van der Waals surface area (Å²) in [6.45, 7) is 1.58. The molecule has 1 aliphatic rings. The standard InChI is InChI=1S/C23H20ClFN4O2/c24-18-10-16(25)8-7-14(18)11-26-23(30)15-4-3-9-29(12-15)22-21-20(27-13-28-22)17-5-1-2-6-19(17)31-21/h1-2,5-8,10,13,15H,3-4,9,11-12H2,(H,26,30)/t15-/m0/s1. The number of nitrogens with zero attached hydrogens (tertiary/aromatic N) is 3. The Hall–Kier alpha value is -3.19. The lowest BCUT2D eigenvalue weighted by Gasteiger charge is -2.32. The smallest absolute Gasteiger partial charge is 0.225 e. The summed E-state index contributed by atoms with van der Waals surface area (Å²) >= 11 is 6.07. The van der Waals surface area contributed by atoms with E-state index in [1.54, 1.807) is 12.4 Å². The zero-order valence-corrected chi connectivity index (χ0v) is 17.4. The van der Waals surface area contributed by atoms with Crippen molar-refractivity contribution in [2.75, 3.05) is 18.0 Å². The predicted molar refractivity (Wildman–Crippen MR) is 118 cm³/mol. The van der Waals surface area contributed by atoms with E-state index in [9.17, 15) is 9.18 Å². The minimum Gasteiger partial charge on any atom is -0.450 e. The van der Waals surface area contributed by atoms with Crippen LogP contribution in [0.5, 0.6) is 0 Å². The van der Waals surface area contributed by atoms with Gasteiger partial charge in [0.1, 0.15) is 23.2 Å². The third kappa shape index (κ3) is 3.81. The van der Waals surface area contributed by atoms with E-state index in [2.05, 4.69) is 20.2 Å². The second-order valence-corrected chi connectivity index (χ2v) is 8.12. The zero-order valence-electron chi connectivity index (χ0n) is 16.6. The summed E-state index contributed by atoms with van der Waals surface area (Å²) in [4.78, 5) is 23.8. The molecule has 2 aromatic carbocycles. The van der Waals surface area contributed by atoms with Gasteiger partial charge in [0.25, 0.3) is 0 Å². The molecule has 8 heteroatoms. The average Bonchev–Trinajstić information content (AvgIpc) is 3.17. The summed E-state index contributed by atoms with van der Waals surface area (Å²) in [7, 11) is 0. The molecule has 3 heterocycles. The monoisotopic (exact) mass is 438 g/mol. The number of benzene rings is 2. The number of carbonyl (C=O) groups excluding carboxylic acids is 1. The first-order chi connectivity index (χ1) is 15.1. The molecule has 0 spiro atoms. The molecule has 0 saturated carbocycles. The quantitative estimate of drug-likeness (QED) is 0.500. The van der Waals surface area contributed by atoms with Crippen molar-refractivity contribution in [3.05, 3.63) is 65.2 Å². The first kappa shape index (κ1) is 19.8. The third-order valence-corrected chi connectivity index (χ3v) is 6.05. The maximum absolute atomic E-state index is 13.2. The number of fused-ring (bicyclic) bond motifs is 3. The number of nitrogens with one attached hydrogen (secondary N) is 1. The van der Waals surface area contributed by atoms with Crippen molar-refractivity contribution in [2.24, 2.45) is 5.92 Å². The van der Waals surface area contributed by atoms with Crippen LogP contribution in [0, 0.1) is 11.7 Å². The number of halogens is 2. The molecule has 1 saturated heterocycles. The Labute approximate surface area is 183 Å². The first-order valence-electron chi connectivity index (χ1n) is 10.2. The first-order valence-corrected chi connectivity index (χ1v) is 10.6. The summed E-state index contributed by atoms with van der Waals surface area (Å²) in [6.07, 6.45) is 3.19. The van der Waals surface area contributed by atoms with E-state index >= 15 is 0 Å². The number of para-hydroxylation sites is 1. The number of hydrogen-bond acceptors (Lipinski definition) is 5. The van der Waals surface area contributed by atoms with Crippen molar-refractivity contribution < 1.29 is 13.6 Å². The van der Waals surface area contributed by atoms with Gasteiger partial charge in [-0.05, 0) is 42.7 Å². The van der Waals surface area contributed by atoms with E-state index < -0.39 is 5.82 Å². The molecular formula is C23H20ClFN4O2. The molecule has 1 fully saturated rings. The number of piperidine rings is 1. The minimum absolute atomic E-state index is 0.0556. The molecule has 31 heavy (non-hydrogen) atoms. The molecule has 1 amide bonds. The lowest BCUT2D eigenvalue weighted by atomic mass is 9.97. The highest BCUT2D eigenvalue weighted by Crippen LogP contribution is 2.33. The van der Waals surface area contributed by atoms with E-state index in [-0.39, 0.29) is 18.4 Å². The van der Waals surface area contributed by atoms with Gasteiger partial charge in [0.15, 0.2) is 11.4 Å². The van der Waals surface area contributed by atoms with Crippen molar-refractivity contribution in [1.29, 1.82) is 0 Å². The van der Waals surface area contributed by atoms with Gasteiger partial charge in [0.05, 0.1) is 5.92 Å². The van der Waals surface area contributed by atoms with Gasteiger partial charge in [0, 0.05) is 30.0 Å². The van der Waals surface area contributed by atoms with Crippen molar-refractivity contribution >= 4 is 45.4 Å². The van der Waals surface area contributed by atoms with Crippen LogP contribution in [0.15, 0.2) is 53.2 Å². The van der Waals surface area contributed by atoms with Crippen LogP contribution in [-0.2, 0) is 11.3 Å². The van der Waals surface area contributed by atoms with Crippen LogP contribution in [0.2, 0.25) is 5.02 Å². The summed E-state index contributed by atoms with van der Waals surface area (Å²) in [6, 6.07) is 11.9. The topological polar surface area (TPSA) is 71.3 Å². The van der Waals surface area contributed by atoms with Crippen LogP contribution >= 0.6 is 11.6 Å². The maximum Gasteiger partial charge on any atom is 0.225 e. The van der Waals surface area contributed by atoms with Crippen molar-refractivity contribution in [2.45, 2.75) is 19.4 Å². The Morgan fingerprint density at radius 1 is 1.26 bits per heavy atom. The lowest BCUT2D eigenvalue weighted by molar-refractivity contribution is -0.125. The molecular weight excluding hydrogens is 419 g/mol. The molecule has 0 radical (unpaired) electrons. The normalized spacial score (nSPS) is 16.7. The van der Waals surface area contributed by atoms with E-state index in [1.165, 1.54) is 12.1 Å². The van der Waals surface area contributed by atoms with Crippen LogP contribution in [0.1, 0.15) is 18.4 Å². The summed E-state index contributed by atoms with van der Waals surface area (Å²) < 4.78 is 19.3. The molecule has 1 N–H and O–H groups in total. The number of amides is 1. The van der Waals surface area contributed by atoms with E-state index in [0.29, 0.717) is 28.5 Å². The molecule has 6 nitrogen and oxygen atoms in total. The van der Waals surface area contributed by atoms with Gasteiger partial charge in [-0.1, -0.05) is 29.8 Å². The molecule has 0 bridgehead atoms. The number of anilines is 1. The van der Waals surface area contributed by atoms with Gasteiger partial charge < -0.3 is 14.6 Å². The van der Waals surface area contributed by atoms with E-state index in [1.807, 2.05) is 24.3 Å². The van der Waals surface area contributed by atoms with Gasteiger partial charge in [-0.25, -0.2) is 14.4 Å². The highest BCUT2D eigenvalue weighted by Gasteiger charge is 2.28. The van der Waals surface area contributed by atoms with Gasteiger partial charge >= 0.3 is 0 Å². The molecule has 4 aromatic rings. The summed E-state index contributed by atoms with van der Waals surface area (Å²) in [5, 5.41) is 4.18. The van der Waals surface area contributed by atoms with Crippen molar-refractivity contribution in [3.63, 3.8) is 0 Å². The van der Waals surface area contributed by atoms with Gasteiger partial charge in [0.2, 0.25) is 5.91 Å². The van der Waals surface area contributed by atoms with Crippen LogP contribution in [-0.4, -0.2) is 29.0 Å². The maximum atomic E-state index is 13.2. The Morgan fingerprint density at radius 2 is 2.13 bits per heavy atom. The fourth-order valence-corrected chi connectivity index (χ4v) is 4.35. The molecule has 0 aliphatic carbocycles. The Kier molecular flexibility index (Phi) is 5.19. The van der Waals surface area contributed by atoms with Crippen LogP contribution in [0.3, 0.4) is 0 Å². The fraction of sp³-hybridized carbons (Fsp3) is 0.261. The zero-order chi connectivity index (χ0) is 21.4. The van der Waals surface area contributed by atoms with Gasteiger partial charge in [-0.3, -0.25) is 4.79 Å². The fourth-order valence-electron chi connectivity index (χ4n) is 4.11. The van der Waals surface area contributed by atoms with Crippen LogP contribution < -0.4 is 10.2 Å². The number of rotatable bonds is 4. The second-order valence-electron chi connectivity index (χ2n) is 7.71. The van der Waals surface area contributed by atoms with Crippen LogP contribution in [0.4, 0.5) is 10.2 Å².